The number of likely N-dealkylation sites (N-methyl/N-ethyl adjacent to an activating group) is 1. The SMILES string of the molecule is COCCN(C)C1=CCCCN1C. The quantitative estimate of drug-likeness (QED) is 0.651. The second-order valence-electron chi connectivity index (χ2n) is 3.54. The summed E-state index contributed by atoms with van der Waals surface area (Å²) in [5, 5.41) is 0. The van der Waals surface area contributed by atoms with E-state index >= 15 is 0 Å². The minimum Gasteiger partial charge on any atom is -0.383 e. The van der Waals surface area contributed by atoms with E-state index in [1.165, 1.54) is 25.2 Å². The van der Waals surface area contributed by atoms with Crippen LogP contribution in [0.5, 0.6) is 0 Å². The van der Waals surface area contributed by atoms with Crippen molar-refractivity contribution in [1.82, 2.24) is 9.80 Å². The van der Waals surface area contributed by atoms with Crippen molar-refractivity contribution in [2.24, 2.45) is 0 Å². The Hall–Kier alpha value is -0.700. The normalized spacial score (nSPS) is 17.2. The van der Waals surface area contributed by atoms with Crippen LogP contribution in [0.15, 0.2) is 11.9 Å². The minimum atomic E-state index is 0.793. The van der Waals surface area contributed by atoms with Gasteiger partial charge in [-0.2, -0.15) is 0 Å². The number of hydrogen-bond donors (Lipinski definition) is 0. The molecule has 0 radical (unpaired) electrons. The molecule has 3 nitrogen and oxygen atoms in total. The lowest BCUT2D eigenvalue weighted by Crippen LogP contribution is -2.34. The van der Waals surface area contributed by atoms with Crippen molar-refractivity contribution >= 4 is 0 Å². The van der Waals surface area contributed by atoms with Gasteiger partial charge in [-0.25, -0.2) is 0 Å². The zero-order valence-corrected chi connectivity index (χ0v) is 8.92. The Morgan fingerprint density at radius 3 is 3.00 bits per heavy atom. The van der Waals surface area contributed by atoms with Crippen LogP contribution in [-0.2, 0) is 4.74 Å². The van der Waals surface area contributed by atoms with Crippen molar-refractivity contribution in [2.45, 2.75) is 12.8 Å². The van der Waals surface area contributed by atoms with Crippen molar-refractivity contribution in [1.29, 1.82) is 0 Å². The summed E-state index contributed by atoms with van der Waals surface area (Å²) in [6.07, 6.45) is 4.79. The molecule has 0 amide bonds. The van der Waals surface area contributed by atoms with Crippen molar-refractivity contribution in [3.05, 3.63) is 11.9 Å². The van der Waals surface area contributed by atoms with Crippen LogP contribution in [0, 0.1) is 0 Å². The fourth-order valence-corrected chi connectivity index (χ4v) is 1.62. The number of hydrogen-bond acceptors (Lipinski definition) is 3. The molecule has 0 unspecified atom stereocenters. The van der Waals surface area contributed by atoms with Gasteiger partial charge in [0.1, 0.15) is 0 Å². The van der Waals surface area contributed by atoms with E-state index in [0.717, 1.165) is 13.2 Å². The molecule has 1 heterocycles. The molecule has 13 heavy (non-hydrogen) atoms. The Kier molecular flexibility index (Phi) is 4.09. The molecule has 0 saturated carbocycles. The molecule has 1 rings (SSSR count). The van der Waals surface area contributed by atoms with Crippen LogP contribution in [0.25, 0.3) is 0 Å². The van der Waals surface area contributed by atoms with Gasteiger partial charge < -0.3 is 14.5 Å². The van der Waals surface area contributed by atoms with Crippen LogP contribution in [0.2, 0.25) is 0 Å². The topological polar surface area (TPSA) is 15.7 Å². The van der Waals surface area contributed by atoms with Crippen LogP contribution in [0.1, 0.15) is 12.8 Å². The molecule has 1 aliphatic heterocycles. The predicted octanol–water partition coefficient (Wildman–Crippen LogP) is 1.13. The first-order valence-electron chi connectivity index (χ1n) is 4.87. The highest BCUT2D eigenvalue weighted by Gasteiger charge is 2.12. The van der Waals surface area contributed by atoms with Crippen LogP contribution in [0.4, 0.5) is 0 Å². The Morgan fingerprint density at radius 2 is 2.38 bits per heavy atom. The van der Waals surface area contributed by atoms with E-state index in [1.54, 1.807) is 7.11 Å². The molecule has 0 aliphatic carbocycles. The zero-order chi connectivity index (χ0) is 9.68. The Labute approximate surface area is 81.0 Å². The number of methoxy groups -OCH3 is 1. The fourth-order valence-electron chi connectivity index (χ4n) is 1.62. The molecule has 0 atom stereocenters. The van der Waals surface area contributed by atoms with E-state index in [0.29, 0.717) is 0 Å². The van der Waals surface area contributed by atoms with E-state index in [-0.39, 0.29) is 0 Å². The zero-order valence-electron chi connectivity index (χ0n) is 8.92. The van der Waals surface area contributed by atoms with Crippen molar-refractivity contribution in [3.63, 3.8) is 0 Å². The molecule has 0 aromatic heterocycles. The summed E-state index contributed by atoms with van der Waals surface area (Å²) in [4.78, 5) is 4.56. The summed E-state index contributed by atoms with van der Waals surface area (Å²) in [5.41, 5.74) is 0. The third-order valence-corrected chi connectivity index (χ3v) is 2.44. The van der Waals surface area contributed by atoms with Crippen molar-refractivity contribution in [2.75, 3.05) is 40.9 Å². The number of nitrogens with zero attached hydrogens (tertiary/aromatic N) is 2. The summed E-state index contributed by atoms with van der Waals surface area (Å²) < 4.78 is 5.05. The Bertz CT molecular complexity index is 180. The average Bonchev–Trinajstić information content (AvgIpc) is 2.15. The minimum absolute atomic E-state index is 0.793. The Balaban J connectivity index is 2.43. The van der Waals surface area contributed by atoms with Gasteiger partial charge in [-0.1, -0.05) is 0 Å². The van der Waals surface area contributed by atoms with Gasteiger partial charge in [0.2, 0.25) is 0 Å². The van der Waals surface area contributed by atoms with E-state index in [2.05, 4.69) is 30.0 Å². The largest absolute Gasteiger partial charge is 0.383 e. The van der Waals surface area contributed by atoms with Gasteiger partial charge >= 0.3 is 0 Å². The van der Waals surface area contributed by atoms with E-state index in [9.17, 15) is 0 Å². The second kappa shape index (κ2) is 5.12. The van der Waals surface area contributed by atoms with Crippen molar-refractivity contribution < 1.29 is 4.74 Å². The molecule has 1 aliphatic rings. The molecule has 0 N–H and O–H groups in total. The van der Waals surface area contributed by atoms with Gasteiger partial charge in [0.15, 0.2) is 0 Å². The highest BCUT2D eigenvalue weighted by molar-refractivity contribution is 5.02. The number of ether oxygens (including phenoxy) is 1. The van der Waals surface area contributed by atoms with Crippen LogP contribution in [-0.4, -0.2) is 50.7 Å². The molecular formula is C10H20N2O. The standard InChI is InChI=1S/C10H20N2O/c1-11-7-5-4-6-10(11)12(2)8-9-13-3/h6H,4-5,7-9H2,1-3H3. The molecule has 0 saturated heterocycles. The summed E-state index contributed by atoms with van der Waals surface area (Å²) >= 11 is 0. The maximum Gasteiger partial charge on any atom is 0.0993 e. The summed E-state index contributed by atoms with van der Waals surface area (Å²) in [6.45, 7) is 2.93. The second-order valence-corrected chi connectivity index (χ2v) is 3.54. The van der Waals surface area contributed by atoms with Gasteiger partial charge in [0.05, 0.1) is 12.4 Å². The van der Waals surface area contributed by atoms with Crippen LogP contribution < -0.4 is 0 Å². The molecule has 0 aromatic rings. The van der Waals surface area contributed by atoms with Gasteiger partial charge in [-0.15, -0.1) is 0 Å². The van der Waals surface area contributed by atoms with Gasteiger partial charge in [0.25, 0.3) is 0 Å². The van der Waals surface area contributed by atoms with E-state index in [1.807, 2.05) is 0 Å². The lowest BCUT2D eigenvalue weighted by molar-refractivity contribution is 0.155. The maximum atomic E-state index is 5.05. The first-order chi connectivity index (χ1) is 6.25. The highest BCUT2D eigenvalue weighted by Crippen LogP contribution is 2.14. The third kappa shape index (κ3) is 2.92. The summed E-state index contributed by atoms with van der Waals surface area (Å²) in [6, 6.07) is 0. The first-order valence-corrected chi connectivity index (χ1v) is 4.87. The predicted molar refractivity (Wildman–Crippen MR) is 54.5 cm³/mol. The summed E-state index contributed by atoms with van der Waals surface area (Å²) in [5.74, 6) is 1.34. The number of rotatable bonds is 4. The lowest BCUT2D eigenvalue weighted by atomic mass is 10.2. The average molecular weight is 184 g/mol. The van der Waals surface area contributed by atoms with Crippen LogP contribution in [0.3, 0.4) is 0 Å². The molecule has 0 fully saturated rings. The Morgan fingerprint density at radius 1 is 1.62 bits per heavy atom. The number of allylic oxidation sites excluding steroid dienone is 1. The molecule has 0 aromatic carbocycles. The molecule has 3 heteroatoms. The maximum absolute atomic E-state index is 5.05. The first kappa shape index (κ1) is 10.4. The van der Waals surface area contributed by atoms with E-state index in [4.69, 9.17) is 4.74 Å². The third-order valence-electron chi connectivity index (χ3n) is 2.44. The molecule has 0 bridgehead atoms. The molecular weight excluding hydrogens is 164 g/mol. The summed E-state index contributed by atoms with van der Waals surface area (Å²) in [7, 11) is 6.01. The highest BCUT2D eigenvalue weighted by atomic mass is 16.5. The molecule has 0 spiro atoms. The smallest absolute Gasteiger partial charge is 0.0993 e. The van der Waals surface area contributed by atoms with Gasteiger partial charge in [-0.3, -0.25) is 0 Å². The van der Waals surface area contributed by atoms with Gasteiger partial charge in [0, 0.05) is 34.3 Å². The lowest BCUT2D eigenvalue weighted by Gasteiger charge is -2.33. The van der Waals surface area contributed by atoms with E-state index < -0.39 is 0 Å². The van der Waals surface area contributed by atoms with Crippen LogP contribution >= 0.6 is 0 Å². The monoisotopic (exact) mass is 184 g/mol. The fraction of sp³-hybridized carbons (Fsp3) is 0.800. The molecule has 76 valence electrons. The van der Waals surface area contributed by atoms with Crippen molar-refractivity contribution in [3.8, 4) is 0 Å². The van der Waals surface area contributed by atoms with Gasteiger partial charge in [-0.05, 0) is 18.9 Å².